The minimum Gasteiger partial charge on any atom is -0.508 e. The van der Waals surface area contributed by atoms with Gasteiger partial charge in [0.15, 0.2) is 3.42 Å². The highest BCUT2D eigenvalue weighted by atomic mass is 127. The molecule has 0 aliphatic rings. The first-order chi connectivity index (χ1) is 14.6. The molecule has 31 heavy (non-hydrogen) atoms. The molecule has 0 heterocycles. The van der Waals surface area contributed by atoms with E-state index < -0.39 is 18.9 Å². The number of esters is 1. The third-order valence-corrected chi connectivity index (χ3v) is 12.2. The number of carboxylic acid groups (broad SMARTS) is 1. The average molecular weight is 877 g/mol. The Kier molecular flexibility index (Phi) is 10.3. The Bertz CT molecular complexity index is 909. The highest BCUT2D eigenvalue weighted by Crippen LogP contribution is 2.53. The molecule has 2 N–H and O–H groups in total. The zero-order valence-electron chi connectivity index (χ0n) is 16.2. The summed E-state index contributed by atoms with van der Waals surface area (Å²) in [6.45, 7) is 2.20. The van der Waals surface area contributed by atoms with Crippen LogP contribution < -0.4 is 4.74 Å². The van der Waals surface area contributed by atoms with Crippen LogP contribution in [-0.2, 0) is 17.7 Å². The van der Waals surface area contributed by atoms with Crippen LogP contribution in [0.1, 0.15) is 25.3 Å². The summed E-state index contributed by atoms with van der Waals surface area (Å²) >= 11 is 7.41. The van der Waals surface area contributed by atoms with E-state index in [9.17, 15) is 19.8 Å². The molecule has 0 aromatic heterocycles. The van der Waals surface area contributed by atoms with E-state index in [-0.39, 0.29) is 12.4 Å². The minimum absolute atomic E-state index is 0.133. The molecule has 0 saturated heterocycles. The summed E-state index contributed by atoms with van der Waals surface area (Å²) < 4.78 is 9.52. The molecule has 7 nitrogen and oxygen atoms in total. The molecule has 0 radical (unpaired) electrons. The molecule has 0 aliphatic heterocycles. The molecule has 0 amide bonds. The van der Waals surface area contributed by atoms with Gasteiger partial charge in [-0.1, -0.05) is 48.1 Å². The van der Waals surface area contributed by atoms with E-state index in [1.54, 1.807) is 59.0 Å². The number of hydrogen-bond acceptors (Lipinski definition) is 6. The highest BCUT2D eigenvalue weighted by molar-refractivity contribution is 14.2. The topological polar surface area (TPSA) is 96.3 Å². The summed E-state index contributed by atoms with van der Waals surface area (Å²) in [5.74, 6) is -0.618. The SMILES string of the molecule is CCCCOC(=O)C(I)(c1ccc(Oc2ccc(O)cc2)cc1)[C@@](I)(C(=O)O)N(I)I. The standard InChI is InChI=1S/C20H19I4NO6/c1-2-3-12-30-18(29)19(21,20(22,17(27)28)25(23)24)13-4-8-15(9-5-13)31-16-10-6-14(26)7-11-16/h4-11,26H,2-3,12H2,1H3,(H,27,28)/t19?,20-/m1/s1. The van der Waals surface area contributed by atoms with Crippen LogP contribution in [0.25, 0.3) is 0 Å². The first-order valence-corrected chi connectivity index (χ1v) is 13.1. The van der Waals surface area contributed by atoms with Crippen LogP contribution in [0.4, 0.5) is 0 Å². The maximum atomic E-state index is 13.2. The zero-order valence-corrected chi connectivity index (χ0v) is 24.9. The summed E-state index contributed by atoms with van der Waals surface area (Å²) in [6, 6.07) is 12.9. The predicted molar refractivity (Wildman–Crippen MR) is 150 cm³/mol. The third kappa shape index (κ3) is 6.06. The van der Waals surface area contributed by atoms with Gasteiger partial charge in [-0.25, -0.2) is 4.79 Å². The molecule has 2 atom stereocenters. The summed E-state index contributed by atoms with van der Waals surface area (Å²) in [6.07, 6.45) is 1.54. The summed E-state index contributed by atoms with van der Waals surface area (Å²) in [5.41, 5.74) is 0.475. The van der Waals surface area contributed by atoms with Gasteiger partial charge in [0.1, 0.15) is 17.2 Å². The predicted octanol–water partition coefficient (Wildman–Crippen LogP) is 6.38. The zero-order chi connectivity index (χ0) is 23.2. The molecule has 0 fully saturated rings. The summed E-state index contributed by atoms with van der Waals surface area (Å²) in [5, 5.41) is 19.5. The summed E-state index contributed by atoms with van der Waals surface area (Å²) in [7, 11) is 0. The Morgan fingerprint density at radius 2 is 1.52 bits per heavy atom. The molecule has 168 valence electrons. The van der Waals surface area contributed by atoms with Crippen molar-refractivity contribution in [2.45, 2.75) is 26.7 Å². The van der Waals surface area contributed by atoms with Crippen LogP contribution in [0.5, 0.6) is 17.2 Å². The molecular formula is C20H19I4NO6. The fourth-order valence-corrected chi connectivity index (χ4v) is 6.17. The largest absolute Gasteiger partial charge is 0.508 e. The Morgan fingerprint density at radius 3 is 1.97 bits per heavy atom. The van der Waals surface area contributed by atoms with Crippen molar-refractivity contribution in [3.63, 3.8) is 0 Å². The number of phenolic OH excluding ortho intramolecular Hbond substituents is 1. The molecule has 2 aromatic carbocycles. The molecule has 1 unspecified atom stereocenters. The van der Waals surface area contributed by atoms with Crippen LogP contribution in [0.15, 0.2) is 48.5 Å². The number of unbranched alkanes of at least 4 members (excludes halogenated alkanes) is 1. The Labute approximate surface area is 235 Å². The van der Waals surface area contributed by atoms with Crippen molar-refractivity contribution in [1.29, 1.82) is 0 Å². The number of aliphatic carboxylic acids is 1. The van der Waals surface area contributed by atoms with Crippen LogP contribution in [-0.4, -0.2) is 33.6 Å². The van der Waals surface area contributed by atoms with E-state index in [4.69, 9.17) is 9.47 Å². The van der Waals surface area contributed by atoms with Gasteiger partial charge < -0.3 is 19.7 Å². The molecule has 0 spiro atoms. The monoisotopic (exact) mass is 877 g/mol. The van der Waals surface area contributed by atoms with Crippen LogP contribution in [0.3, 0.4) is 0 Å². The number of carboxylic acids is 1. The molecule has 0 saturated carbocycles. The van der Waals surface area contributed by atoms with Crippen molar-refractivity contribution in [3.05, 3.63) is 54.1 Å². The van der Waals surface area contributed by atoms with E-state index in [0.717, 1.165) is 6.42 Å². The number of aromatic hydroxyl groups is 1. The van der Waals surface area contributed by atoms with E-state index >= 15 is 0 Å². The maximum absolute atomic E-state index is 13.2. The van der Waals surface area contributed by atoms with Crippen LogP contribution >= 0.6 is 90.9 Å². The number of hydrogen-bond donors (Lipinski definition) is 2. The molecule has 2 aromatic rings. The first-order valence-electron chi connectivity index (χ1n) is 9.05. The number of nitrogens with zero attached hydrogens (tertiary/aromatic N) is 1. The fourth-order valence-electron chi connectivity index (χ4n) is 2.59. The van der Waals surface area contributed by atoms with E-state index in [1.807, 2.05) is 75.2 Å². The third-order valence-electron chi connectivity index (χ3n) is 4.31. The second-order valence-corrected chi connectivity index (χ2v) is 13.4. The van der Waals surface area contributed by atoms with Gasteiger partial charge in [-0.05, 0) is 71.0 Å². The molecule has 0 aliphatic carbocycles. The minimum atomic E-state index is -1.63. The van der Waals surface area contributed by atoms with E-state index in [2.05, 4.69) is 0 Å². The lowest BCUT2D eigenvalue weighted by Gasteiger charge is -2.40. The second kappa shape index (κ2) is 11.8. The lowest BCUT2D eigenvalue weighted by atomic mass is 9.91. The maximum Gasteiger partial charge on any atom is 0.338 e. The van der Waals surface area contributed by atoms with Gasteiger partial charge >= 0.3 is 11.9 Å². The lowest BCUT2D eigenvalue weighted by molar-refractivity contribution is -0.153. The second-order valence-electron chi connectivity index (χ2n) is 6.43. The van der Waals surface area contributed by atoms with Gasteiger partial charge in [0.05, 0.1) is 6.61 Å². The van der Waals surface area contributed by atoms with Gasteiger partial charge in [0.2, 0.25) is 3.55 Å². The molecular weight excluding hydrogens is 858 g/mol. The average Bonchev–Trinajstić information content (AvgIpc) is 2.74. The highest BCUT2D eigenvalue weighted by Gasteiger charge is 2.64. The Balaban J connectivity index is 2.44. The fraction of sp³-hybridized carbons (Fsp3) is 0.300. The first kappa shape index (κ1) is 27.1. The number of ether oxygens (including phenoxy) is 2. The Morgan fingerprint density at radius 1 is 1.00 bits per heavy atom. The van der Waals surface area contributed by atoms with Gasteiger partial charge in [-0.2, -0.15) is 1.33 Å². The van der Waals surface area contributed by atoms with Crippen LogP contribution in [0.2, 0.25) is 0 Å². The molecule has 2 rings (SSSR count). The smallest absolute Gasteiger partial charge is 0.338 e. The van der Waals surface area contributed by atoms with Crippen molar-refractivity contribution in [2.75, 3.05) is 6.61 Å². The van der Waals surface area contributed by atoms with Crippen molar-refractivity contribution in [2.24, 2.45) is 0 Å². The number of rotatable bonds is 10. The van der Waals surface area contributed by atoms with Crippen molar-refractivity contribution < 1.29 is 29.3 Å². The number of carbonyl (C=O) groups excluding carboxylic acids is 1. The van der Waals surface area contributed by atoms with Crippen molar-refractivity contribution >= 4 is 103 Å². The number of halogens is 4. The molecule has 11 heteroatoms. The van der Waals surface area contributed by atoms with Crippen molar-refractivity contribution in [1.82, 2.24) is 1.33 Å². The number of carbonyl (C=O) groups is 2. The van der Waals surface area contributed by atoms with E-state index in [0.29, 0.717) is 23.5 Å². The van der Waals surface area contributed by atoms with E-state index in [1.165, 1.54) is 13.5 Å². The lowest BCUT2D eigenvalue weighted by Crippen LogP contribution is -2.58. The van der Waals surface area contributed by atoms with Crippen molar-refractivity contribution in [3.8, 4) is 17.2 Å². The molecule has 0 bridgehead atoms. The summed E-state index contributed by atoms with van der Waals surface area (Å²) in [4.78, 5) is 25.6. The van der Waals surface area contributed by atoms with Gasteiger partial charge in [-0.3, -0.25) is 4.79 Å². The van der Waals surface area contributed by atoms with Gasteiger partial charge in [-0.15, -0.1) is 0 Å². The van der Waals surface area contributed by atoms with Crippen LogP contribution in [0, 0.1) is 0 Å². The van der Waals surface area contributed by atoms with Gasteiger partial charge in [0, 0.05) is 45.7 Å². The number of phenols is 1. The quantitative estimate of drug-likeness (QED) is 0.0716. The number of alkyl halides is 2. The number of benzene rings is 2. The normalized spacial score (nSPS) is 15.0. The Hall–Kier alpha value is -0.140. The van der Waals surface area contributed by atoms with Gasteiger partial charge in [0.25, 0.3) is 0 Å².